The number of benzene rings is 2. The van der Waals surface area contributed by atoms with Gasteiger partial charge in [0.1, 0.15) is 11.9 Å². The largest absolute Gasteiger partial charge is 0.484 e. The van der Waals surface area contributed by atoms with Gasteiger partial charge < -0.3 is 16.2 Å². The minimum absolute atomic E-state index is 0.309. The van der Waals surface area contributed by atoms with Gasteiger partial charge in [-0.15, -0.1) is 0 Å². The highest BCUT2D eigenvalue weighted by atomic mass is 16.5. The summed E-state index contributed by atoms with van der Waals surface area (Å²) in [6.45, 7) is 2.33. The standard InChI is InChI=1S/C16H18N2O2/c1-11-6-8-12(9-7-11)15(10-17)20-14-5-3-2-4-13(14)16(18)19/h2-9,15H,10,17H2,1H3,(H2,18,19). The molecule has 0 spiro atoms. The molecule has 2 aromatic carbocycles. The number of primary amides is 1. The van der Waals surface area contributed by atoms with Crippen molar-refractivity contribution >= 4 is 5.91 Å². The highest BCUT2D eigenvalue weighted by Crippen LogP contribution is 2.24. The van der Waals surface area contributed by atoms with E-state index in [0.717, 1.165) is 5.56 Å². The van der Waals surface area contributed by atoms with Crippen molar-refractivity contribution in [1.29, 1.82) is 0 Å². The fourth-order valence-corrected chi connectivity index (χ4v) is 1.96. The van der Waals surface area contributed by atoms with Crippen LogP contribution in [0, 0.1) is 6.92 Å². The van der Waals surface area contributed by atoms with Crippen molar-refractivity contribution in [3.05, 3.63) is 65.2 Å². The molecule has 0 aliphatic heterocycles. The summed E-state index contributed by atoms with van der Waals surface area (Å²) in [5.41, 5.74) is 13.6. The lowest BCUT2D eigenvalue weighted by Gasteiger charge is -2.19. The van der Waals surface area contributed by atoms with E-state index in [1.165, 1.54) is 5.56 Å². The van der Waals surface area contributed by atoms with Gasteiger partial charge in [-0.05, 0) is 24.6 Å². The summed E-state index contributed by atoms with van der Waals surface area (Å²) in [5.74, 6) is -0.0590. The van der Waals surface area contributed by atoms with Crippen LogP contribution < -0.4 is 16.2 Å². The van der Waals surface area contributed by atoms with Gasteiger partial charge in [0, 0.05) is 6.54 Å². The molecule has 0 saturated carbocycles. The van der Waals surface area contributed by atoms with Crippen LogP contribution in [0.15, 0.2) is 48.5 Å². The molecule has 2 rings (SSSR count). The first-order valence-electron chi connectivity index (χ1n) is 6.44. The summed E-state index contributed by atoms with van der Waals surface area (Å²) >= 11 is 0. The maximum atomic E-state index is 11.4. The van der Waals surface area contributed by atoms with E-state index in [-0.39, 0.29) is 6.10 Å². The van der Waals surface area contributed by atoms with Gasteiger partial charge in [0.15, 0.2) is 0 Å². The van der Waals surface area contributed by atoms with Crippen molar-refractivity contribution in [3.63, 3.8) is 0 Å². The van der Waals surface area contributed by atoms with Crippen LogP contribution in [0.4, 0.5) is 0 Å². The van der Waals surface area contributed by atoms with E-state index >= 15 is 0 Å². The predicted molar refractivity (Wildman–Crippen MR) is 78.6 cm³/mol. The zero-order chi connectivity index (χ0) is 14.5. The van der Waals surface area contributed by atoms with Crippen molar-refractivity contribution in [1.82, 2.24) is 0 Å². The number of para-hydroxylation sites is 1. The van der Waals surface area contributed by atoms with Crippen molar-refractivity contribution < 1.29 is 9.53 Å². The Morgan fingerprint density at radius 1 is 1.15 bits per heavy atom. The number of nitrogens with two attached hydrogens (primary N) is 2. The molecule has 1 atom stereocenters. The maximum Gasteiger partial charge on any atom is 0.252 e. The molecule has 4 heteroatoms. The maximum absolute atomic E-state index is 11.4. The fourth-order valence-electron chi connectivity index (χ4n) is 1.96. The Kier molecular flexibility index (Phi) is 4.38. The molecule has 0 bridgehead atoms. The number of hydrogen-bond donors (Lipinski definition) is 2. The van der Waals surface area contributed by atoms with Gasteiger partial charge in [0.2, 0.25) is 0 Å². The van der Waals surface area contributed by atoms with Crippen LogP contribution in [-0.2, 0) is 0 Å². The van der Waals surface area contributed by atoms with E-state index in [0.29, 0.717) is 17.9 Å². The van der Waals surface area contributed by atoms with Crippen LogP contribution in [-0.4, -0.2) is 12.5 Å². The average Bonchev–Trinajstić information content (AvgIpc) is 2.46. The number of carbonyl (C=O) groups excluding carboxylic acids is 1. The summed E-state index contributed by atoms with van der Waals surface area (Å²) in [6.07, 6.45) is -0.309. The third-order valence-corrected chi connectivity index (χ3v) is 3.08. The number of rotatable bonds is 5. The first-order chi connectivity index (χ1) is 9.61. The summed E-state index contributed by atoms with van der Waals surface area (Å²) in [5, 5.41) is 0. The summed E-state index contributed by atoms with van der Waals surface area (Å²) in [4.78, 5) is 11.4. The van der Waals surface area contributed by atoms with Gasteiger partial charge in [0.05, 0.1) is 5.56 Å². The number of hydrogen-bond acceptors (Lipinski definition) is 3. The lowest BCUT2D eigenvalue weighted by molar-refractivity contribution is 0.0993. The molecule has 0 aliphatic rings. The zero-order valence-corrected chi connectivity index (χ0v) is 11.4. The van der Waals surface area contributed by atoms with Gasteiger partial charge >= 0.3 is 0 Å². The lowest BCUT2D eigenvalue weighted by Crippen LogP contribution is -2.20. The SMILES string of the molecule is Cc1ccc(C(CN)Oc2ccccc2C(N)=O)cc1. The van der Waals surface area contributed by atoms with Crippen LogP contribution in [0.1, 0.15) is 27.6 Å². The minimum atomic E-state index is -0.514. The molecule has 4 nitrogen and oxygen atoms in total. The van der Waals surface area contributed by atoms with Crippen LogP contribution in [0.25, 0.3) is 0 Å². The van der Waals surface area contributed by atoms with Crippen LogP contribution in [0.5, 0.6) is 5.75 Å². The second-order valence-electron chi connectivity index (χ2n) is 4.61. The molecule has 0 heterocycles. The van der Waals surface area contributed by atoms with Crippen LogP contribution in [0.3, 0.4) is 0 Å². The quantitative estimate of drug-likeness (QED) is 0.874. The van der Waals surface area contributed by atoms with Crippen molar-refractivity contribution in [2.75, 3.05) is 6.54 Å². The summed E-state index contributed by atoms with van der Waals surface area (Å²) in [7, 11) is 0. The van der Waals surface area contributed by atoms with Crippen molar-refractivity contribution in [2.24, 2.45) is 11.5 Å². The topological polar surface area (TPSA) is 78.3 Å². The zero-order valence-electron chi connectivity index (χ0n) is 11.4. The molecular weight excluding hydrogens is 252 g/mol. The Morgan fingerprint density at radius 3 is 2.40 bits per heavy atom. The Hall–Kier alpha value is -2.33. The Labute approximate surface area is 118 Å². The number of ether oxygens (including phenoxy) is 1. The van der Waals surface area contributed by atoms with Crippen molar-refractivity contribution in [3.8, 4) is 5.75 Å². The van der Waals surface area contributed by atoms with E-state index in [1.54, 1.807) is 24.3 Å². The summed E-state index contributed by atoms with van der Waals surface area (Å²) in [6, 6.07) is 14.8. The molecule has 104 valence electrons. The lowest BCUT2D eigenvalue weighted by atomic mass is 10.1. The molecule has 2 aromatic rings. The van der Waals surface area contributed by atoms with E-state index < -0.39 is 5.91 Å². The highest BCUT2D eigenvalue weighted by molar-refractivity contribution is 5.95. The molecule has 0 fully saturated rings. The first-order valence-corrected chi connectivity index (χ1v) is 6.44. The smallest absolute Gasteiger partial charge is 0.252 e. The van der Waals surface area contributed by atoms with Gasteiger partial charge in [-0.2, -0.15) is 0 Å². The Morgan fingerprint density at radius 2 is 1.80 bits per heavy atom. The summed E-state index contributed by atoms with van der Waals surface area (Å²) < 4.78 is 5.86. The van der Waals surface area contributed by atoms with E-state index in [2.05, 4.69) is 0 Å². The van der Waals surface area contributed by atoms with Crippen LogP contribution in [0.2, 0.25) is 0 Å². The third-order valence-electron chi connectivity index (χ3n) is 3.08. The van der Waals surface area contributed by atoms with E-state index in [1.807, 2.05) is 31.2 Å². The minimum Gasteiger partial charge on any atom is -0.484 e. The first kappa shape index (κ1) is 14.1. The molecule has 1 unspecified atom stereocenters. The average molecular weight is 270 g/mol. The highest BCUT2D eigenvalue weighted by Gasteiger charge is 2.15. The molecule has 0 aromatic heterocycles. The van der Waals surface area contributed by atoms with Gasteiger partial charge in [-0.3, -0.25) is 4.79 Å². The molecule has 0 aliphatic carbocycles. The van der Waals surface area contributed by atoms with Crippen LogP contribution >= 0.6 is 0 Å². The normalized spacial score (nSPS) is 11.9. The van der Waals surface area contributed by atoms with E-state index in [9.17, 15) is 4.79 Å². The second kappa shape index (κ2) is 6.21. The molecule has 4 N–H and O–H groups in total. The number of amides is 1. The molecular formula is C16H18N2O2. The van der Waals surface area contributed by atoms with Gasteiger partial charge in [-0.1, -0.05) is 42.0 Å². The van der Waals surface area contributed by atoms with Crippen molar-refractivity contribution in [2.45, 2.75) is 13.0 Å². The number of carbonyl (C=O) groups is 1. The van der Waals surface area contributed by atoms with Gasteiger partial charge in [0.25, 0.3) is 5.91 Å². The van der Waals surface area contributed by atoms with Gasteiger partial charge in [-0.25, -0.2) is 0 Å². The fraction of sp³-hybridized carbons (Fsp3) is 0.188. The Balaban J connectivity index is 2.27. The second-order valence-corrected chi connectivity index (χ2v) is 4.61. The van der Waals surface area contributed by atoms with E-state index in [4.69, 9.17) is 16.2 Å². The molecule has 20 heavy (non-hydrogen) atoms. The number of aryl methyl sites for hydroxylation is 1. The molecule has 1 amide bonds. The molecule has 0 radical (unpaired) electrons. The Bertz CT molecular complexity index is 594. The predicted octanol–water partition coefficient (Wildman–Crippen LogP) is 2.17. The monoisotopic (exact) mass is 270 g/mol. The third kappa shape index (κ3) is 3.16. The molecule has 0 saturated heterocycles.